The van der Waals surface area contributed by atoms with Gasteiger partial charge in [-0.25, -0.2) is 4.79 Å². The summed E-state index contributed by atoms with van der Waals surface area (Å²) in [6.45, 7) is 5.35. The number of hydrogen-bond acceptors (Lipinski definition) is 3. The summed E-state index contributed by atoms with van der Waals surface area (Å²) >= 11 is 0. The molecule has 1 saturated heterocycles. The fraction of sp³-hybridized carbons (Fsp3) is 0.286. The Balaban J connectivity index is 1.80. The molecule has 6 nitrogen and oxygen atoms in total. The minimum absolute atomic E-state index is 0.327. The van der Waals surface area contributed by atoms with E-state index in [-0.39, 0.29) is 6.54 Å². The number of para-hydroxylation sites is 1. The van der Waals surface area contributed by atoms with Gasteiger partial charge in [0, 0.05) is 5.69 Å². The van der Waals surface area contributed by atoms with Gasteiger partial charge < -0.3 is 10.6 Å². The molecule has 1 fully saturated rings. The third-order valence-corrected chi connectivity index (χ3v) is 4.97. The van der Waals surface area contributed by atoms with E-state index >= 15 is 0 Å². The third kappa shape index (κ3) is 3.43. The molecule has 27 heavy (non-hydrogen) atoms. The van der Waals surface area contributed by atoms with Crippen LogP contribution in [-0.4, -0.2) is 29.3 Å². The van der Waals surface area contributed by atoms with E-state index in [0.29, 0.717) is 12.1 Å². The van der Waals surface area contributed by atoms with E-state index < -0.39 is 23.4 Å². The predicted octanol–water partition coefficient (Wildman–Crippen LogP) is 3.10. The van der Waals surface area contributed by atoms with Crippen LogP contribution in [0.1, 0.15) is 30.0 Å². The van der Waals surface area contributed by atoms with Crippen LogP contribution in [-0.2, 0) is 15.1 Å². The zero-order valence-corrected chi connectivity index (χ0v) is 15.7. The largest absolute Gasteiger partial charge is 0.325 e. The van der Waals surface area contributed by atoms with Crippen LogP contribution in [0.3, 0.4) is 0 Å². The quantitative estimate of drug-likeness (QED) is 0.799. The number of carbonyl (C=O) groups is 3. The Hall–Kier alpha value is -3.15. The molecular formula is C21H23N3O3. The van der Waals surface area contributed by atoms with Crippen LogP contribution in [0, 0.1) is 13.8 Å². The maximum Gasteiger partial charge on any atom is 0.325 e. The monoisotopic (exact) mass is 365 g/mol. The molecule has 0 spiro atoms. The van der Waals surface area contributed by atoms with Crippen molar-refractivity contribution in [2.75, 3.05) is 11.9 Å². The molecule has 0 unspecified atom stereocenters. The number of carbonyl (C=O) groups excluding carboxylic acids is 3. The van der Waals surface area contributed by atoms with Crippen molar-refractivity contribution in [3.63, 3.8) is 0 Å². The molecule has 4 amide bonds. The van der Waals surface area contributed by atoms with Crippen LogP contribution >= 0.6 is 0 Å². The average Bonchev–Trinajstić information content (AvgIpc) is 2.89. The van der Waals surface area contributed by atoms with Crippen LogP contribution < -0.4 is 10.6 Å². The van der Waals surface area contributed by atoms with Crippen molar-refractivity contribution in [1.29, 1.82) is 0 Å². The summed E-state index contributed by atoms with van der Waals surface area (Å²) in [4.78, 5) is 38.9. The number of rotatable bonds is 5. The highest BCUT2D eigenvalue weighted by molar-refractivity contribution is 6.10. The minimum Gasteiger partial charge on any atom is -0.324 e. The summed E-state index contributed by atoms with van der Waals surface area (Å²) in [7, 11) is 0. The van der Waals surface area contributed by atoms with Crippen LogP contribution in [0.15, 0.2) is 48.5 Å². The summed E-state index contributed by atoms with van der Waals surface area (Å²) in [6.07, 6.45) is 0.399. The van der Waals surface area contributed by atoms with E-state index in [1.807, 2.05) is 63.2 Å². The molecule has 0 aromatic heterocycles. The van der Waals surface area contributed by atoms with Gasteiger partial charge in [-0.1, -0.05) is 55.0 Å². The molecule has 1 aliphatic heterocycles. The average molecular weight is 365 g/mol. The molecule has 0 aliphatic carbocycles. The van der Waals surface area contributed by atoms with Crippen molar-refractivity contribution in [2.24, 2.45) is 0 Å². The number of benzene rings is 2. The molecule has 1 atom stereocenters. The lowest BCUT2D eigenvalue weighted by Crippen LogP contribution is -2.44. The Bertz CT molecular complexity index is 892. The molecule has 3 rings (SSSR count). The first-order valence-electron chi connectivity index (χ1n) is 8.94. The second kappa shape index (κ2) is 7.23. The Morgan fingerprint density at radius 3 is 2.37 bits per heavy atom. The summed E-state index contributed by atoms with van der Waals surface area (Å²) in [6, 6.07) is 14.3. The van der Waals surface area contributed by atoms with Gasteiger partial charge in [0.1, 0.15) is 12.1 Å². The van der Waals surface area contributed by atoms with Gasteiger partial charge in [0.15, 0.2) is 0 Å². The number of urea groups is 1. The number of amides is 4. The highest BCUT2D eigenvalue weighted by Gasteiger charge is 2.51. The molecule has 0 saturated carbocycles. The topological polar surface area (TPSA) is 78.5 Å². The van der Waals surface area contributed by atoms with E-state index in [4.69, 9.17) is 0 Å². The van der Waals surface area contributed by atoms with Gasteiger partial charge in [0.25, 0.3) is 5.91 Å². The van der Waals surface area contributed by atoms with Gasteiger partial charge in [0.2, 0.25) is 5.91 Å². The van der Waals surface area contributed by atoms with Gasteiger partial charge in [-0.05, 0) is 37.5 Å². The Morgan fingerprint density at radius 2 is 1.74 bits per heavy atom. The van der Waals surface area contributed by atoms with Crippen LogP contribution in [0.4, 0.5) is 10.5 Å². The molecule has 1 heterocycles. The zero-order chi connectivity index (χ0) is 19.6. The van der Waals surface area contributed by atoms with Gasteiger partial charge in [0.05, 0.1) is 0 Å². The highest BCUT2D eigenvalue weighted by atomic mass is 16.2. The second-order valence-corrected chi connectivity index (χ2v) is 6.81. The van der Waals surface area contributed by atoms with Crippen LogP contribution in [0.25, 0.3) is 0 Å². The van der Waals surface area contributed by atoms with Gasteiger partial charge in [-0.15, -0.1) is 0 Å². The lowest BCUT2D eigenvalue weighted by atomic mass is 9.87. The van der Waals surface area contributed by atoms with Gasteiger partial charge in [-0.2, -0.15) is 0 Å². The van der Waals surface area contributed by atoms with E-state index in [1.165, 1.54) is 0 Å². The predicted molar refractivity (Wildman–Crippen MR) is 103 cm³/mol. The Morgan fingerprint density at radius 1 is 1.07 bits per heavy atom. The first kappa shape index (κ1) is 18.6. The first-order valence-corrected chi connectivity index (χ1v) is 8.94. The molecule has 6 heteroatoms. The smallest absolute Gasteiger partial charge is 0.324 e. The number of aryl methyl sites for hydroxylation is 2. The highest BCUT2D eigenvalue weighted by Crippen LogP contribution is 2.32. The number of hydrogen-bond donors (Lipinski definition) is 2. The molecular weight excluding hydrogens is 342 g/mol. The fourth-order valence-electron chi connectivity index (χ4n) is 3.29. The van der Waals surface area contributed by atoms with E-state index in [1.54, 1.807) is 6.07 Å². The van der Waals surface area contributed by atoms with Crippen molar-refractivity contribution in [3.8, 4) is 0 Å². The number of imide groups is 1. The number of anilines is 1. The zero-order valence-electron chi connectivity index (χ0n) is 15.7. The Kier molecular flexibility index (Phi) is 4.99. The molecule has 2 N–H and O–H groups in total. The lowest BCUT2D eigenvalue weighted by molar-refractivity contribution is -0.134. The maximum atomic E-state index is 13.1. The molecule has 1 aliphatic rings. The summed E-state index contributed by atoms with van der Waals surface area (Å²) in [5.41, 5.74) is 2.22. The lowest BCUT2D eigenvalue weighted by Gasteiger charge is -2.26. The van der Waals surface area contributed by atoms with E-state index in [2.05, 4.69) is 10.6 Å². The number of nitrogens with one attached hydrogen (secondary N) is 2. The first-order chi connectivity index (χ1) is 12.9. The molecule has 0 bridgehead atoms. The fourth-order valence-corrected chi connectivity index (χ4v) is 3.29. The molecule has 0 radical (unpaired) electrons. The SMILES string of the molecule is CC[C@]1(c2ccc(C)cc2)NC(=O)N(CC(=O)Nc2ccccc2C)C1=O. The molecule has 140 valence electrons. The summed E-state index contributed by atoms with van der Waals surface area (Å²) in [5.74, 6) is -0.817. The second-order valence-electron chi connectivity index (χ2n) is 6.81. The van der Waals surface area contributed by atoms with Crippen molar-refractivity contribution in [3.05, 3.63) is 65.2 Å². The molecule has 2 aromatic carbocycles. The normalized spacial score (nSPS) is 19.1. The van der Waals surface area contributed by atoms with Gasteiger partial charge >= 0.3 is 6.03 Å². The maximum absolute atomic E-state index is 13.1. The summed E-state index contributed by atoms with van der Waals surface area (Å²) < 4.78 is 0. The van der Waals surface area contributed by atoms with Crippen molar-refractivity contribution >= 4 is 23.5 Å². The van der Waals surface area contributed by atoms with E-state index in [9.17, 15) is 14.4 Å². The van der Waals surface area contributed by atoms with Crippen molar-refractivity contribution in [1.82, 2.24) is 10.2 Å². The van der Waals surface area contributed by atoms with Crippen molar-refractivity contribution in [2.45, 2.75) is 32.7 Å². The van der Waals surface area contributed by atoms with Crippen LogP contribution in [0.5, 0.6) is 0 Å². The van der Waals surface area contributed by atoms with E-state index in [0.717, 1.165) is 21.6 Å². The van der Waals surface area contributed by atoms with Gasteiger partial charge in [-0.3, -0.25) is 14.5 Å². The molecule has 2 aromatic rings. The standard InChI is InChI=1S/C21H23N3O3/c1-4-21(16-11-9-14(2)10-12-16)19(26)24(20(27)23-21)13-18(25)22-17-8-6-5-7-15(17)3/h5-12H,4,13H2,1-3H3,(H,22,25)(H,23,27)/t21-/m1/s1. The third-order valence-electron chi connectivity index (χ3n) is 4.97. The minimum atomic E-state index is -1.13. The van der Waals surface area contributed by atoms with Crippen molar-refractivity contribution < 1.29 is 14.4 Å². The number of nitrogens with zero attached hydrogens (tertiary/aromatic N) is 1. The van der Waals surface area contributed by atoms with Crippen LogP contribution in [0.2, 0.25) is 0 Å². The Labute approximate surface area is 158 Å². The summed E-state index contributed by atoms with van der Waals surface area (Å²) in [5, 5.41) is 5.55.